The summed E-state index contributed by atoms with van der Waals surface area (Å²) in [5.74, 6) is 0.834. The highest BCUT2D eigenvalue weighted by atomic mass is 32.2. The molecular weight excluding hydrogens is 502 g/mol. The Bertz CT molecular complexity index is 1360. The summed E-state index contributed by atoms with van der Waals surface area (Å²) in [6.45, 7) is 1.13. The summed E-state index contributed by atoms with van der Waals surface area (Å²) in [4.78, 5) is 46.0. The first kappa shape index (κ1) is 25.7. The number of benzene rings is 1. The van der Waals surface area contributed by atoms with E-state index in [9.17, 15) is 9.59 Å². The van der Waals surface area contributed by atoms with Gasteiger partial charge in [0.2, 0.25) is 11.8 Å². The summed E-state index contributed by atoms with van der Waals surface area (Å²) < 4.78 is 5.13. The molecule has 0 radical (unpaired) electrons. The van der Waals surface area contributed by atoms with Crippen LogP contribution in [-0.4, -0.2) is 70.5 Å². The van der Waals surface area contributed by atoms with E-state index >= 15 is 0 Å². The Morgan fingerprint density at radius 1 is 1.21 bits per heavy atom. The Kier molecular flexibility index (Phi) is 7.57. The van der Waals surface area contributed by atoms with Crippen LogP contribution in [0.25, 0.3) is 0 Å². The van der Waals surface area contributed by atoms with Crippen LogP contribution in [0, 0.1) is 0 Å². The topological polar surface area (TPSA) is 104 Å². The van der Waals surface area contributed by atoms with Gasteiger partial charge in [-0.25, -0.2) is 24.6 Å². The van der Waals surface area contributed by atoms with Crippen LogP contribution in [0.5, 0.6) is 5.88 Å². The Morgan fingerprint density at radius 3 is 2.76 bits per heavy atom. The molecule has 196 valence electrons. The largest absolute Gasteiger partial charge is 0.481 e. The minimum absolute atomic E-state index is 0.130. The molecule has 3 amide bonds. The Hall–Kier alpha value is -3.96. The molecule has 10 nitrogen and oxygen atoms in total. The van der Waals surface area contributed by atoms with E-state index in [1.165, 1.54) is 17.8 Å². The number of nitrogens with one attached hydrogen (secondary N) is 1. The van der Waals surface area contributed by atoms with Gasteiger partial charge in [0, 0.05) is 53.3 Å². The second-order valence-corrected chi connectivity index (χ2v) is 10.4. The molecule has 1 aromatic carbocycles. The van der Waals surface area contributed by atoms with Gasteiger partial charge in [0.1, 0.15) is 0 Å². The number of carbonyl (C=O) groups excluding carboxylic acids is 2. The highest BCUT2D eigenvalue weighted by Gasteiger charge is 2.41. The zero-order valence-corrected chi connectivity index (χ0v) is 22.3. The average Bonchev–Trinajstić information content (AvgIpc) is 3.74. The molecule has 1 aliphatic heterocycles. The van der Waals surface area contributed by atoms with Crippen molar-refractivity contribution in [1.29, 1.82) is 0 Å². The molecule has 3 aromatic rings. The minimum Gasteiger partial charge on any atom is -0.481 e. The number of urea groups is 1. The van der Waals surface area contributed by atoms with Gasteiger partial charge in [0.05, 0.1) is 19.3 Å². The van der Waals surface area contributed by atoms with Gasteiger partial charge < -0.3 is 19.9 Å². The maximum atomic E-state index is 13.7. The van der Waals surface area contributed by atoms with E-state index in [0.29, 0.717) is 41.3 Å². The zero-order chi connectivity index (χ0) is 26.6. The normalized spacial score (nSPS) is 15.2. The number of carbonyl (C=O) groups is 2. The zero-order valence-electron chi connectivity index (χ0n) is 21.5. The van der Waals surface area contributed by atoms with E-state index in [0.717, 1.165) is 23.3 Å². The van der Waals surface area contributed by atoms with Gasteiger partial charge in [-0.05, 0) is 63.0 Å². The Balaban J connectivity index is 1.44. The summed E-state index contributed by atoms with van der Waals surface area (Å²) in [6, 6.07) is 11.0. The monoisotopic (exact) mass is 531 g/mol. The molecule has 1 saturated carbocycles. The number of hydrogen-bond acceptors (Lipinski definition) is 8. The van der Waals surface area contributed by atoms with Crippen LogP contribution in [0.4, 0.5) is 22.0 Å². The maximum absolute atomic E-state index is 13.7. The van der Waals surface area contributed by atoms with Gasteiger partial charge in [-0.1, -0.05) is 12.1 Å². The molecule has 11 heteroatoms. The predicted molar refractivity (Wildman–Crippen MR) is 146 cm³/mol. The standard InChI is InChI=1S/C27H29N7O3S/c1-32(2)13-5-8-23(35)30-19-6-4-7-21(14-19)34-25-18(17-33(27(34)36)20-9-10-20)15-29-26(31-25)38-22-11-12-24(37-3)28-16-22/h4-8,11-12,14-16,20H,9-10,13,17H2,1-3H3,(H,30,35)/b8-5+. The van der Waals surface area contributed by atoms with Crippen molar-refractivity contribution in [1.82, 2.24) is 24.8 Å². The maximum Gasteiger partial charge on any atom is 0.330 e. The Labute approximate surface area is 225 Å². The highest BCUT2D eigenvalue weighted by molar-refractivity contribution is 7.99. The lowest BCUT2D eigenvalue weighted by Crippen LogP contribution is -2.46. The molecule has 0 unspecified atom stereocenters. The molecule has 2 aliphatic rings. The number of aromatic nitrogens is 3. The number of rotatable bonds is 9. The molecular formula is C27H29N7O3S. The average molecular weight is 532 g/mol. The fraction of sp³-hybridized carbons (Fsp3) is 0.296. The second-order valence-electron chi connectivity index (χ2n) is 9.32. The molecule has 2 aromatic heterocycles. The third-order valence-corrected chi connectivity index (χ3v) is 6.89. The van der Waals surface area contributed by atoms with E-state index in [2.05, 4.69) is 15.3 Å². The van der Waals surface area contributed by atoms with Crippen LogP contribution < -0.4 is 15.0 Å². The molecule has 1 fully saturated rings. The Morgan fingerprint density at radius 2 is 2.05 bits per heavy atom. The molecule has 38 heavy (non-hydrogen) atoms. The van der Waals surface area contributed by atoms with Crippen molar-refractivity contribution in [2.45, 2.75) is 35.5 Å². The van der Waals surface area contributed by atoms with Crippen LogP contribution in [-0.2, 0) is 11.3 Å². The van der Waals surface area contributed by atoms with E-state index < -0.39 is 0 Å². The molecule has 5 rings (SSSR count). The first-order valence-electron chi connectivity index (χ1n) is 12.3. The summed E-state index contributed by atoms with van der Waals surface area (Å²) >= 11 is 1.36. The second kappa shape index (κ2) is 11.2. The number of methoxy groups -OCH3 is 1. The van der Waals surface area contributed by atoms with Crippen LogP contribution in [0.3, 0.4) is 0 Å². The van der Waals surface area contributed by atoms with Crippen molar-refractivity contribution < 1.29 is 14.3 Å². The third-order valence-electron chi connectivity index (χ3n) is 6.04. The number of amides is 3. The van der Waals surface area contributed by atoms with Gasteiger partial charge in [-0.3, -0.25) is 4.79 Å². The predicted octanol–water partition coefficient (Wildman–Crippen LogP) is 4.32. The van der Waals surface area contributed by atoms with E-state index in [1.54, 1.807) is 48.7 Å². The highest BCUT2D eigenvalue weighted by Crippen LogP contribution is 2.40. The first-order chi connectivity index (χ1) is 18.4. The fourth-order valence-corrected chi connectivity index (χ4v) is 4.73. The number of pyridine rings is 1. The van der Waals surface area contributed by atoms with Crippen LogP contribution >= 0.6 is 11.8 Å². The molecule has 3 heterocycles. The lowest BCUT2D eigenvalue weighted by atomic mass is 10.1. The van der Waals surface area contributed by atoms with E-state index in [4.69, 9.17) is 9.72 Å². The summed E-state index contributed by atoms with van der Waals surface area (Å²) in [5.41, 5.74) is 2.08. The summed E-state index contributed by atoms with van der Waals surface area (Å²) in [7, 11) is 5.44. The summed E-state index contributed by atoms with van der Waals surface area (Å²) in [6.07, 6.45) is 8.77. The van der Waals surface area contributed by atoms with Crippen molar-refractivity contribution in [3.8, 4) is 5.88 Å². The molecule has 1 N–H and O–H groups in total. The smallest absolute Gasteiger partial charge is 0.330 e. The third kappa shape index (κ3) is 5.95. The lowest BCUT2D eigenvalue weighted by molar-refractivity contribution is -0.111. The van der Waals surface area contributed by atoms with Gasteiger partial charge in [0.25, 0.3) is 0 Å². The van der Waals surface area contributed by atoms with Crippen molar-refractivity contribution in [2.24, 2.45) is 0 Å². The lowest BCUT2D eigenvalue weighted by Gasteiger charge is -2.36. The number of ether oxygens (including phenoxy) is 1. The molecule has 0 saturated heterocycles. The number of fused-ring (bicyclic) bond motifs is 1. The van der Waals surface area contributed by atoms with Crippen molar-refractivity contribution in [3.63, 3.8) is 0 Å². The summed E-state index contributed by atoms with van der Waals surface area (Å²) in [5, 5.41) is 3.39. The van der Waals surface area contributed by atoms with E-state index in [1.807, 2.05) is 42.1 Å². The van der Waals surface area contributed by atoms with Crippen molar-refractivity contribution in [3.05, 3.63) is 66.5 Å². The quantitative estimate of drug-likeness (QED) is 0.322. The SMILES string of the molecule is COc1ccc(Sc2ncc3c(n2)N(c2cccc(NC(=O)/C=C/CN(C)C)c2)C(=O)N(C2CC2)C3)cn1. The van der Waals surface area contributed by atoms with Gasteiger partial charge in [-0.2, -0.15) is 0 Å². The van der Waals surface area contributed by atoms with Crippen molar-refractivity contribution >= 4 is 40.9 Å². The molecule has 0 spiro atoms. The number of nitrogens with zero attached hydrogens (tertiary/aromatic N) is 6. The number of hydrogen-bond donors (Lipinski definition) is 1. The van der Waals surface area contributed by atoms with Crippen LogP contribution in [0.1, 0.15) is 18.4 Å². The van der Waals surface area contributed by atoms with Gasteiger partial charge >= 0.3 is 6.03 Å². The van der Waals surface area contributed by atoms with Crippen molar-refractivity contribution in [2.75, 3.05) is 38.0 Å². The molecule has 0 bridgehead atoms. The van der Waals surface area contributed by atoms with E-state index in [-0.39, 0.29) is 18.0 Å². The van der Waals surface area contributed by atoms with Gasteiger partial charge in [-0.15, -0.1) is 0 Å². The fourth-order valence-electron chi connectivity index (χ4n) is 4.04. The van der Waals surface area contributed by atoms with Crippen LogP contribution in [0.15, 0.2) is 71.0 Å². The molecule has 0 atom stereocenters. The first-order valence-corrected chi connectivity index (χ1v) is 13.1. The number of anilines is 3. The van der Waals surface area contributed by atoms with Crippen LogP contribution in [0.2, 0.25) is 0 Å². The van der Waals surface area contributed by atoms with Gasteiger partial charge in [0.15, 0.2) is 11.0 Å². The number of likely N-dealkylation sites (N-methyl/N-ethyl adjacent to an activating group) is 1. The minimum atomic E-state index is -0.233. The molecule has 1 aliphatic carbocycles.